The number of hydrogen-bond acceptors (Lipinski definition) is 1. The van der Waals surface area contributed by atoms with Gasteiger partial charge in [-0.2, -0.15) is 0 Å². The Kier molecular flexibility index (Phi) is 3.07. The topological polar surface area (TPSA) is 25.0 Å². The van der Waals surface area contributed by atoms with E-state index in [-0.39, 0.29) is 0 Å². The molecule has 0 atom stereocenters. The van der Waals surface area contributed by atoms with E-state index in [1.807, 2.05) is 42.5 Å². The highest BCUT2D eigenvalue weighted by atomic mass is 79.9. The molecule has 1 heterocycles. The molecule has 0 saturated carbocycles. The summed E-state index contributed by atoms with van der Waals surface area (Å²) < 4.78 is 6.79. The second-order valence-corrected chi connectivity index (χ2v) is 4.95. The van der Waals surface area contributed by atoms with E-state index in [1.54, 1.807) is 0 Å². The molecule has 3 aromatic rings. The van der Waals surface area contributed by atoms with Gasteiger partial charge in [-0.1, -0.05) is 30.3 Å². The molecule has 0 aliphatic rings. The van der Waals surface area contributed by atoms with E-state index < -0.39 is 0 Å². The third-order valence-electron chi connectivity index (χ3n) is 2.80. The summed E-state index contributed by atoms with van der Waals surface area (Å²) in [5.41, 5.74) is 2.19. The van der Waals surface area contributed by atoms with E-state index in [9.17, 15) is 0 Å². The van der Waals surface area contributed by atoms with Crippen LogP contribution in [0.3, 0.4) is 0 Å². The summed E-state index contributed by atoms with van der Waals surface area (Å²) >= 11 is 3.53. The monoisotopic (exact) mass is 301 g/mol. The maximum absolute atomic E-state index is 5.71. The lowest BCUT2D eigenvalue weighted by Gasteiger charge is -2.03. The molecule has 0 radical (unpaired) electrons. The minimum absolute atomic E-state index is 0.547. The second-order valence-electron chi connectivity index (χ2n) is 4.10. The van der Waals surface area contributed by atoms with Crippen LogP contribution in [0.5, 0.6) is 5.75 Å². The molecule has 0 fully saturated rings. The summed E-state index contributed by atoms with van der Waals surface area (Å²) in [6.07, 6.45) is 0. The van der Waals surface area contributed by atoms with Crippen LogP contribution in [0.15, 0.2) is 59.1 Å². The number of H-pyrrole nitrogens is 1. The molecular formula is C15H12BrNO. The molecule has 0 bridgehead atoms. The molecule has 0 spiro atoms. The van der Waals surface area contributed by atoms with Crippen molar-refractivity contribution < 1.29 is 4.74 Å². The summed E-state index contributed by atoms with van der Waals surface area (Å²) in [5.74, 6) is 0.884. The largest absolute Gasteiger partial charge is 0.487 e. The first-order chi connectivity index (χ1) is 8.83. The van der Waals surface area contributed by atoms with Crippen LogP contribution < -0.4 is 4.74 Å². The van der Waals surface area contributed by atoms with E-state index in [1.165, 1.54) is 5.39 Å². The van der Waals surface area contributed by atoms with Gasteiger partial charge in [-0.05, 0) is 40.2 Å². The summed E-state index contributed by atoms with van der Waals surface area (Å²) in [6, 6.07) is 18.1. The lowest BCUT2D eigenvalue weighted by Crippen LogP contribution is -1.94. The highest BCUT2D eigenvalue weighted by Gasteiger charge is 2.04. The van der Waals surface area contributed by atoms with Crippen LogP contribution in [-0.2, 0) is 6.61 Å². The average Bonchev–Trinajstić information content (AvgIpc) is 2.82. The molecule has 0 aliphatic heterocycles. The molecule has 2 aromatic carbocycles. The Morgan fingerprint density at radius 2 is 1.83 bits per heavy atom. The van der Waals surface area contributed by atoms with E-state index in [0.29, 0.717) is 6.61 Å². The lowest BCUT2D eigenvalue weighted by molar-refractivity contribution is 0.302. The molecule has 0 aliphatic carbocycles. The summed E-state index contributed by atoms with van der Waals surface area (Å²) in [4.78, 5) is 3.36. The SMILES string of the molecule is Brc1cccc2cc(COc3ccccc3)[nH]c12. The zero-order valence-electron chi connectivity index (χ0n) is 9.69. The fourth-order valence-electron chi connectivity index (χ4n) is 1.93. The Morgan fingerprint density at radius 1 is 1.00 bits per heavy atom. The Morgan fingerprint density at radius 3 is 2.61 bits per heavy atom. The maximum Gasteiger partial charge on any atom is 0.128 e. The molecule has 1 N–H and O–H groups in total. The fourth-order valence-corrected chi connectivity index (χ4v) is 2.41. The molecule has 3 heteroatoms. The summed E-state index contributed by atoms with van der Waals surface area (Å²) in [6.45, 7) is 0.547. The van der Waals surface area contributed by atoms with Crippen molar-refractivity contribution >= 4 is 26.8 Å². The number of fused-ring (bicyclic) bond motifs is 1. The summed E-state index contributed by atoms with van der Waals surface area (Å²) in [5, 5.41) is 1.19. The zero-order chi connectivity index (χ0) is 12.4. The van der Waals surface area contributed by atoms with Crippen LogP contribution in [0.2, 0.25) is 0 Å². The molecule has 18 heavy (non-hydrogen) atoms. The van der Waals surface area contributed by atoms with Gasteiger partial charge in [-0.15, -0.1) is 0 Å². The van der Waals surface area contributed by atoms with E-state index in [2.05, 4.69) is 33.0 Å². The van der Waals surface area contributed by atoms with Gasteiger partial charge >= 0.3 is 0 Å². The number of para-hydroxylation sites is 2. The third-order valence-corrected chi connectivity index (χ3v) is 3.46. The number of aromatic nitrogens is 1. The van der Waals surface area contributed by atoms with E-state index in [0.717, 1.165) is 21.4 Å². The van der Waals surface area contributed by atoms with Gasteiger partial charge in [0.05, 0.1) is 11.2 Å². The number of aromatic amines is 1. The molecule has 0 unspecified atom stereocenters. The third kappa shape index (κ3) is 2.27. The van der Waals surface area contributed by atoms with Gasteiger partial charge in [0.25, 0.3) is 0 Å². The van der Waals surface area contributed by atoms with Crippen molar-refractivity contribution in [2.45, 2.75) is 6.61 Å². The van der Waals surface area contributed by atoms with Gasteiger partial charge in [0.15, 0.2) is 0 Å². The predicted octanol–water partition coefficient (Wildman–Crippen LogP) is 4.51. The Labute approximate surface area is 114 Å². The molecule has 2 nitrogen and oxygen atoms in total. The minimum atomic E-state index is 0.547. The van der Waals surface area contributed by atoms with Crippen molar-refractivity contribution in [3.63, 3.8) is 0 Å². The van der Waals surface area contributed by atoms with Gasteiger partial charge in [0.2, 0.25) is 0 Å². The molecular weight excluding hydrogens is 290 g/mol. The van der Waals surface area contributed by atoms with Crippen molar-refractivity contribution in [2.24, 2.45) is 0 Å². The van der Waals surface area contributed by atoms with Crippen LogP contribution in [0, 0.1) is 0 Å². The number of nitrogens with one attached hydrogen (secondary N) is 1. The summed E-state index contributed by atoms with van der Waals surface area (Å²) in [7, 11) is 0. The number of halogens is 1. The number of benzene rings is 2. The van der Waals surface area contributed by atoms with Gasteiger partial charge < -0.3 is 9.72 Å². The van der Waals surface area contributed by atoms with Gasteiger partial charge in [0.1, 0.15) is 12.4 Å². The highest BCUT2D eigenvalue weighted by molar-refractivity contribution is 9.10. The Balaban J connectivity index is 1.81. The average molecular weight is 302 g/mol. The van der Waals surface area contributed by atoms with Crippen molar-refractivity contribution in [1.82, 2.24) is 4.98 Å². The van der Waals surface area contributed by atoms with Crippen LogP contribution in [0.1, 0.15) is 5.69 Å². The standard InChI is InChI=1S/C15H12BrNO/c16-14-8-4-5-11-9-12(17-15(11)14)10-18-13-6-2-1-3-7-13/h1-9,17H,10H2. The molecule has 0 amide bonds. The number of rotatable bonds is 3. The van der Waals surface area contributed by atoms with Crippen LogP contribution in [0.4, 0.5) is 0 Å². The van der Waals surface area contributed by atoms with Crippen molar-refractivity contribution in [3.8, 4) is 5.75 Å². The van der Waals surface area contributed by atoms with Crippen molar-refractivity contribution in [1.29, 1.82) is 0 Å². The first-order valence-electron chi connectivity index (χ1n) is 5.77. The van der Waals surface area contributed by atoms with Gasteiger partial charge in [-0.3, -0.25) is 0 Å². The first-order valence-corrected chi connectivity index (χ1v) is 6.56. The lowest BCUT2D eigenvalue weighted by atomic mass is 10.2. The number of hydrogen-bond donors (Lipinski definition) is 1. The van der Waals surface area contributed by atoms with Crippen LogP contribution in [-0.4, -0.2) is 4.98 Å². The Bertz CT molecular complexity index is 661. The molecule has 90 valence electrons. The quantitative estimate of drug-likeness (QED) is 0.756. The smallest absolute Gasteiger partial charge is 0.128 e. The fraction of sp³-hybridized carbons (Fsp3) is 0.0667. The van der Waals surface area contributed by atoms with Crippen LogP contribution >= 0.6 is 15.9 Å². The first kappa shape index (κ1) is 11.4. The van der Waals surface area contributed by atoms with Crippen molar-refractivity contribution in [2.75, 3.05) is 0 Å². The Hall–Kier alpha value is -1.74. The predicted molar refractivity (Wildman–Crippen MR) is 76.8 cm³/mol. The maximum atomic E-state index is 5.71. The normalized spacial score (nSPS) is 10.7. The molecule has 3 rings (SSSR count). The number of ether oxygens (including phenoxy) is 1. The minimum Gasteiger partial charge on any atom is -0.487 e. The van der Waals surface area contributed by atoms with Crippen molar-refractivity contribution in [3.05, 3.63) is 64.8 Å². The second kappa shape index (κ2) is 4.86. The van der Waals surface area contributed by atoms with E-state index >= 15 is 0 Å². The van der Waals surface area contributed by atoms with Crippen LogP contribution in [0.25, 0.3) is 10.9 Å². The molecule has 1 aromatic heterocycles. The van der Waals surface area contributed by atoms with Gasteiger partial charge in [-0.25, -0.2) is 0 Å². The highest BCUT2D eigenvalue weighted by Crippen LogP contribution is 2.24. The zero-order valence-corrected chi connectivity index (χ0v) is 11.3. The van der Waals surface area contributed by atoms with Gasteiger partial charge in [0, 0.05) is 9.86 Å². The molecule has 0 saturated heterocycles. The van der Waals surface area contributed by atoms with E-state index in [4.69, 9.17) is 4.74 Å².